The van der Waals surface area contributed by atoms with Gasteiger partial charge in [-0.3, -0.25) is 4.98 Å². The summed E-state index contributed by atoms with van der Waals surface area (Å²) in [5.41, 5.74) is 2.35. The highest BCUT2D eigenvalue weighted by molar-refractivity contribution is 7.13. The van der Waals surface area contributed by atoms with Gasteiger partial charge in [0.25, 0.3) is 0 Å². The van der Waals surface area contributed by atoms with Gasteiger partial charge in [-0.05, 0) is 36.8 Å². The molecule has 2 aromatic rings. The third kappa shape index (κ3) is 3.23. The molecule has 1 aliphatic rings. The maximum atomic E-state index is 9.04. The van der Waals surface area contributed by atoms with Gasteiger partial charge in [-0.15, -0.1) is 11.3 Å². The average molecular weight is 289 g/mol. The third-order valence-corrected chi connectivity index (χ3v) is 4.75. The molecule has 0 saturated heterocycles. The molecule has 1 aliphatic carbocycles. The van der Waals surface area contributed by atoms with Crippen LogP contribution in [0.1, 0.15) is 25.0 Å². The zero-order chi connectivity index (χ0) is 13.8. The Morgan fingerprint density at radius 1 is 1.35 bits per heavy atom. The van der Waals surface area contributed by atoms with E-state index in [1.54, 1.807) is 17.5 Å². The number of aromatic nitrogens is 2. The molecular formula is C15H19N3OS. The van der Waals surface area contributed by atoms with Gasteiger partial charge in [0.05, 0.1) is 11.4 Å². The van der Waals surface area contributed by atoms with E-state index < -0.39 is 0 Å². The highest BCUT2D eigenvalue weighted by Crippen LogP contribution is 2.47. The molecule has 0 spiro atoms. The van der Waals surface area contributed by atoms with Gasteiger partial charge in [0.1, 0.15) is 5.01 Å². The largest absolute Gasteiger partial charge is 0.396 e. The van der Waals surface area contributed by atoms with Gasteiger partial charge in [0.2, 0.25) is 0 Å². The first kappa shape index (κ1) is 13.7. The number of rotatable bonds is 7. The maximum absolute atomic E-state index is 9.04. The van der Waals surface area contributed by atoms with Crippen molar-refractivity contribution in [2.75, 3.05) is 13.2 Å². The first-order valence-corrected chi connectivity index (χ1v) is 7.87. The van der Waals surface area contributed by atoms with Crippen LogP contribution in [0.25, 0.3) is 10.7 Å². The normalized spacial score (nSPS) is 16.2. The number of thiazole rings is 1. The Kier molecular flexibility index (Phi) is 4.10. The summed E-state index contributed by atoms with van der Waals surface area (Å²) in [7, 11) is 0. The molecule has 0 atom stereocenters. The lowest BCUT2D eigenvalue weighted by atomic mass is 10.0. The van der Waals surface area contributed by atoms with Crippen molar-refractivity contribution in [2.45, 2.75) is 25.8 Å². The monoisotopic (exact) mass is 289 g/mol. The standard InChI is InChI=1S/C15H19N3OS/c19-8-6-15(4-5-15)11-16-9-12-10-20-14(18-12)13-3-1-2-7-17-13/h1-3,7,10,16,19H,4-6,8-9,11H2. The lowest BCUT2D eigenvalue weighted by Gasteiger charge is -2.13. The van der Waals surface area contributed by atoms with E-state index in [-0.39, 0.29) is 0 Å². The van der Waals surface area contributed by atoms with Crippen LogP contribution in [0.3, 0.4) is 0 Å². The molecule has 0 radical (unpaired) electrons. The van der Waals surface area contributed by atoms with Crippen LogP contribution in [0.4, 0.5) is 0 Å². The molecule has 0 bridgehead atoms. The Bertz CT molecular complexity index is 551. The molecule has 2 heterocycles. The van der Waals surface area contributed by atoms with Crippen molar-refractivity contribution in [1.82, 2.24) is 15.3 Å². The van der Waals surface area contributed by atoms with Crippen LogP contribution < -0.4 is 5.32 Å². The van der Waals surface area contributed by atoms with Crippen molar-refractivity contribution in [3.05, 3.63) is 35.5 Å². The molecule has 0 aromatic carbocycles. The summed E-state index contributed by atoms with van der Waals surface area (Å²) in [6.07, 6.45) is 5.17. The van der Waals surface area contributed by atoms with Crippen LogP contribution in [0.15, 0.2) is 29.8 Å². The Balaban J connectivity index is 1.53. The molecule has 2 N–H and O–H groups in total. The third-order valence-electron chi connectivity index (χ3n) is 3.84. The Morgan fingerprint density at radius 3 is 2.95 bits per heavy atom. The first-order valence-electron chi connectivity index (χ1n) is 6.99. The van der Waals surface area contributed by atoms with Gasteiger partial charge < -0.3 is 10.4 Å². The van der Waals surface area contributed by atoms with E-state index in [4.69, 9.17) is 5.11 Å². The zero-order valence-electron chi connectivity index (χ0n) is 11.4. The van der Waals surface area contributed by atoms with Crippen molar-refractivity contribution >= 4 is 11.3 Å². The maximum Gasteiger partial charge on any atom is 0.142 e. The fourth-order valence-electron chi connectivity index (χ4n) is 2.38. The summed E-state index contributed by atoms with van der Waals surface area (Å²) in [5, 5.41) is 15.6. The number of hydrogen-bond acceptors (Lipinski definition) is 5. The lowest BCUT2D eigenvalue weighted by Crippen LogP contribution is -2.24. The second kappa shape index (κ2) is 5.99. The molecule has 1 fully saturated rings. The molecule has 2 aromatic heterocycles. The highest BCUT2D eigenvalue weighted by atomic mass is 32.1. The van der Waals surface area contributed by atoms with E-state index in [0.29, 0.717) is 12.0 Å². The fourth-order valence-corrected chi connectivity index (χ4v) is 3.18. The van der Waals surface area contributed by atoms with E-state index >= 15 is 0 Å². The molecule has 0 unspecified atom stereocenters. The lowest BCUT2D eigenvalue weighted by molar-refractivity contribution is 0.245. The van der Waals surface area contributed by atoms with Crippen LogP contribution in [0.5, 0.6) is 0 Å². The highest BCUT2D eigenvalue weighted by Gasteiger charge is 2.41. The summed E-state index contributed by atoms with van der Waals surface area (Å²) < 4.78 is 0. The number of aliphatic hydroxyl groups is 1. The molecular weight excluding hydrogens is 270 g/mol. The smallest absolute Gasteiger partial charge is 0.142 e. The minimum atomic E-state index is 0.294. The second-order valence-electron chi connectivity index (χ2n) is 5.44. The first-order chi connectivity index (χ1) is 9.81. The molecule has 1 saturated carbocycles. The number of nitrogens with one attached hydrogen (secondary N) is 1. The van der Waals surface area contributed by atoms with E-state index in [1.165, 1.54) is 12.8 Å². The summed E-state index contributed by atoms with van der Waals surface area (Å²) in [5.74, 6) is 0. The number of pyridine rings is 1. The van der Waals surface area contributed by atoms with Gasteiger partial charge in [-0.25, -0.2) is 4.98 Å². The second-order valence-corrected chi connectivity index (χ2v) is 6.29. The topological polar surface area (TPSA) is 58.0 Å². The SMILES string of the molecule is OCCC1(CNCc2csc(-c3ccccn3)n2)CC1. The van der Waals surface area contributed by atoms with Crippen molar-refractivity contribution in [2.24, 2.45) is 5.41 Å². The van der Waals surface area contributed by atoms with Gasteiger partial charge in [-0.2, -0.15) is 0 Å². The van der Waals surface area contributed by atoms with Crippen molar-refractivity contribution in [1.29, 1.82) is 0 Å². The van der Waals surface area contributed by atoms with Crippen molar-refractivity contribution in [3.8, 4) is 10.7 Å². The minimum absolute atomic E-state index is 0.294. The molecule has 0 aliphatic heterocycles. The molecule has 20 heavy (non-hydrogen) atoms. The Labute approximate surface area is 122 Å². The summed E-state index contributed by atoms with van der Waals surface area (Å²) in [6.45, 7) is 2.06. The van der Waals surface area contributed by atoms with Gasteiger partial charge in [0, 0.05) is 31.3 Å². The number of nitrogens with zero attached hydrogens (tertiary/aromatic N) is 2. The van der Waals surface area contributed by atoms with Gasteiger partial charge >= 0.3 is 0 Å². The average Bonchev–Trinajstić information content (AvgIpc) is 3.07. The summed E-state index contributed by atoms with van der Waals surface area (Å²) in [6, 6.07) is 5.87. The Hall–Kier alpha value is -1.30. The van der Waals surface area contributed by atoms with Crippen LogP contribution in [0.2, 0.25) is 0 Å². The quantitative estimate of drug-likeness (QED) is 0.822. The minimum Gasteiger partial charge on any atom is -0.396 e. The molecule has 3 rings (SSSR count). The Morgan fingerprint density at radius 2 is 2.25 bits per heavy atom. The van der Waals surface area contributed by atoms with Crippen LogP contribution in [0, 0.1) is 5.41 Å². The van der Waals surface area contributed by atoms with Crippen molar-refractivity contribution < 1.29 is 5.11 Å². The predicted molar refractivity (Wildman–Crippen MR) is 80.4 cm³/mol. The fraction of sp³-hybridized carbons (Fsp3) is 0.467. The van der Waals surface area contributed by atoms with Gasteiger partial charge in [-0.1, -0.05) is 6.07 Å². The van der Waals surface area contributed by atoms with E-state index in [2.05, 4.69) is 20.7 Å². The molecule has 0 amide bonds. The summed E-state index contributed by atoms with van der Waals surface area (Å²) in [4.78, 5) is 8.93. The number of hydrogen-bond donors (Lipinski definition) is 2. The zero-order valence-corrected chi connectivity index (χ0v) is 12.2. The van der Waals surface area contributed by atoms with E-state index in [0.717, 1.165) is 35.9 Å². The molecule has 5 heteroatoms. The van der Waals surface area contributed by atoms with Crippen LogP contribution in [-0.4, -0.2) is 28.2 Å². The van der Waals surface area contributed by atoms with Crippen LogP contribution >= 0.6 is 11.3 Å². The molecule has 4 nitrogen and oxygen atoms in total. The van der Waals surface area contributed by atoms with E-state index in [1.807, 2.05) is 18.2 Å². The molecule has 106 valence electrons. The van der Waals surface area contributed by atoms with Crippen molar-refractivity contribution in [3.63, 3.8) is 0 Å². The predicted octanol–water partition coefficient (Wildman–Crippen LogP) is 2.46. The van der Waals surface area contributed by atoms with Gasteiger partial charge in [0.15, 0.2) is 0 Å². The van der Waals surface area contributed by atoms with E-state index in [9.17, 15) is 0 Å². The summed E-state index contributed by atoms with van der Waals surface area (Å²) >= 11 is 1.63. The van der Waals surface area contributed by atoms with Crippen LogP contribution in [-0.2, 0) is 6.54 Å². The number of aliphatic hydroxyl groups excluding tert-OH is 1.